The molecule has 0 bridgehead atoms. The standard InChI is InChI=1S/C13H20OSi/c1-11(15(2,3)4)10-13(14)12-8-6-5-7-9-12/h5-9,11H,10H2,1-4H3. The highest BCUT2D eigenvalue weighted by Gasteiger charge is 2.24. The van der Waals surface area contributed by atoms with Crippen molar-refractivity contribution < 1.29 is 4.79 Å². The Kier molecular flexibility index (Phi) is 3.86. The molecule has 0 aromatic heterocycles. The summed E-state index contributed by atoms with van der Waals surface area (Å²) in [5.41, 5.74) is 1.40. The predicted octanol–water partition coefficient (Wildman–Crippen LogP) is 3.99. The first-order valence-corrected chi connectivity index (χ1v) is 9.07. The molecule has 0 heterocycles. The van der Waals surface area contributed by atoms with Gasteiger partial charge in [-0.1, -0.05) is 56.9 Å². The van der Waals surface area contributed by atoms with Gasteiger partial charge in [-0.3, -0.25) is 4.79 Å². The third kappa shape index (κ3) is 3.63. The van der Waals surface area contributed by atoms with Gasteiger partial charge in [-0.05, 0) is 5.54 Å². The molecule has 1 aromatic rings. The van der Waals surface area contributed by atoms with Crippen LogP contribution in [0.15, 0.2) is 30.3 Å². The van der Waals surface area contributed by atoms with E-state index in [1.165, 1.54) is 0 Å². The zero-order chi connectivity index (χ0) is 11.5. The van der Waals surface area contributed by atoms with Crippen LogP contribution < -0.4 is 0 Å². The minimum atomic E-state index is -1.18. The molecule has 0 amide bonds. The van der Waals surface area contributed by atoms with Crippen molar-refractivity contribution >= 4 is 13.9 Å². The fourth-order valence-electron chi connectivity index (χ4n) is 1.33. The zero-order valence-electron chi connectivity index (χ0n) is 10.1. The van der Waals surface area contributed by atoms with Crippen LogP contribution in [-0.2, 0) is 0 Å². The Morgan fingerprint density at radius 3 is 2.20 bits per heavy atom. The Balaban J connectivity index is 2.65. The van der Waals surface area contributed by atoms with Crippen molar-refractivity contribution in [1.29, 1.82) is 0 Å². The molecule has 1 unspecified atom stereocenters. The van der Waals surface area contributed by atoms with Crippen molar-refractivity contribution in [3.8, 4) is 0 Å². The molecule has 0 spiro atoms. The second-order valence-electron chi connectivity index (χ2n) is 5.26. The predicted molar refractivity (Wildman–Crippen MR) is 68.2 cm³/mol. The second-order valence-corrected chi connectivity index (χ2v) is 11.0. The first kappa shape index (κ1) is 12.2. The van der Waals surface area contributed by atoms with Gasteiger partial charge in [0.05, 0.1) is 0 Å². The summed E-state index contributed by atoms with van der Waals surface area (Å²) < 4.78 is 0. The highest BCUT2D eigenvalue weighted by Crippen LogP contribution is 2.26. The molecule has 15 heavy (non-hydrogen) atoms. The first-order valence-electron chi connectivity index (χ1n) is 5.49. The van der Waals surface area contributed by atoms with E-state index < -0.39 is 8.07 Å². The van der Waals surface area contributed by atoms with Gasteiger partial charge in [0, 0.05) is 20.1 Å². The quantitative estimate of drug-likeness (QED) is 0.554. The monoisotopic (exact) mass is 220 g/mol. The topological polar surface area (TPSA) is 17.1 Å². The number of rotatable bonds is 4. The second kappa shape index (κ2) is 4.75. The van der Waals surface area contributed by atoms with Gasteiger partial charge in [0.15, 0.2) is 5.78 Å². The summed E-state index contributed by atoms with van der Waals surface area (Å²) in [4.78, 5) is 11.9. The van der Waals surface area contributed by atoms with Crippen LogP contribution in [0.1, 0.15) is 23.7 Å². The van der Waals surface area contributed by atoms with Crippen molar-refractivity contribution in [3.05, 3.63) is 35.9 Å². The summed E-state index contributed by atoms with van der Waals surface area (Å²) in [6.45, 7) is 9.15. The SMILES string of the molecule is CC(CC(=O)c1ccccc1)[Si](C)(C)C. The smallest absolute Gasteiger partial charge is 0.162 e. The lowest BCUT2D eigenvalue weighted by atomic mass is 10.1. The zero-order valence-corrected chi connectivity index (χ0v) is 11.1. The number of carbonyl (C=O) groups excluding carboxylic acids is 1. The van der Waals surface area contributed by atoms with Gasteiger partial charge in [-0.25, -0.2) is 0 Å². The maximum Gasteiger partial charge on any atom is 0.162 e. The Morgan fingerprint density at radius 2 is 1.73 bits per heavy atom. The van der Waals surface area contributed by atoms with Crippen molar-refractivity contribution in [2.24, 2.45) is 0 Å². The summed E-state index contributed by atoms with van der Waals surface area (Å²) in [5, 5.41) is 0. The van der Waals surface area contributed by atoms with E-state index in [1.807, 2.05) is 30.3 Å². The fraction of sp³-hybridized carbons (Fsp3) is 0.462. The van der Waals surface area contributed by atoms with Gasteiger partial charge in [-0.15, -0.1) is 0 Å². The van der Waals surface area contributed by atoms with Crippen LogP contribution in [0.5, 0.6) is 0 Å². The van der Waals surface area contributed by atoms with Crippen LogP contribution in [0.3, 0.4) is 0 Å². The molecule has 1 aromatic carbocycles. The van der Waals surface area contributed by atoms with Gasteiger partial charge in [0.1, 0.15) is 0 Å². The molecule has 0 aliphatic rings. The molecule has 82 valence electrons. The molecular formula is C13H20OSi. The largest absolute Gasteiger partial charge is 0.294 e. The molecule has 2 heteroatoms. The molecule has 0 aliphatic heterocycles. The molecule has 0 fully saturated rings. The molecule has 1 atom stereocenters. The Bertz CT molecular complexity index is 324. The highest BCUT2D eigenvalue weighted by atomic mass is 28.3. The molecule has 0 aliphatic carbocycles. The van der Waals surface area contributed by atoms with E-state index in [2.05, 4.69) is 26.6 Å². The molecule has 1 nitrogen and oxygen atoms in total. The number of Topliss-reactive ketones (excluding diaryl/α,β-unsaturated/α-hetero) is 1. The van der Waals surface area contributed by atoms with Crippen LogP contribution in [0, 0.1) is 0 Å². The first-order chi connectivity index (χ1) is 6.91. The minimum Gasteiger partial charge on any atom is -0.294 e. The van der Waals surface area contributed by atoms with E-state index >= 15 is 0 Å². The van der Waals surface area contributed by atoms with Crippen LogP contribution in [0.4, 0.5) is 0 Å². The number of carbonyl (C=O) groups is 1. The van der Waals surface area contributed by atoms with E-state index in [9.17, 15) is 4.79 Å². The molecule has 1 rings (SSSR count). The third-order valence-electron chi connectivity index (χ3n) is 3.07. The van der Waals surface area contributed by atoms with Crippen molar-refractivity contribution in [1.82, 2.24) is 0 Å². The van der Waals surface area contributed by atoms with Crippen LogP contribution in [0.2, 0.25) is 25.2 Å². The average Bonchev–Trinajstić information content (AvgIpc) is 2.17. The Morgan fingerprint density at radius 1 is 1.20 bits per heavy atom. The van der Waals surface area contributed by atoms with E-state index in [1.54, 1.807) is 0 Å². The summed E-state index contributed by atoms with van der Waals surface area (Å²) >= 11 is 0. The van der Waals surface area contributed by atoms with Gasteiger partial charge >= 0.3 is 0 Å². The van der Waals surface area contributed by atoms with Crippen LogP contribution in [-0.4, -0.2) is 13.9 Å². The van der Waals surface area contributed by atoms with Crippen molar-refractivity contribution in [2.45, 2.75) is 38.5 Å². The molecule has 0 N–H and O–H groups in total. The van der Waals surface area contributed by atoms with E-state index in [-0.39, 0.29) is 5.78 Å². The van der Waals surface area contributed by atoms with Crippen molar-refractivity contribution in [2.75, 3.05) is 0 Å². The molecule has 0 radical (unpaired) electrons. The van der Waals surface area contributed by atoms with E-state index in [0.717, 1.165) is 5.56 Å². The van der Waals surface area contributed by atoms with Crippen LogP contribution >= 0.6 is 0 Å². The third-order valence-corrected chi connectivity index (χ3v) is 6.23. The number of ketones is 1. The lowest BCUT2D eigenvalue weighted by Crippen LogP contribution is -2.27. The van der Waals surface area contributed by atoms with Gasteiger partial charge in [0.25, 0.3) is 0 Å². The maximum absolute atomic E-state index is 11.9. The minimum absolute atomic E-state index is 0.283. The Hall–Kier alpha value is -0.893. The highest BCUT2D eigenvalue weighted by molar-refractivity contribution is 6.77. The number of hydrogen-bond donors (Lipinski definition) is 0. The molecule has 0 saturated heterocycles. The average molecular weight is 220 g/mol. The fourth-order valence-corrected chi connectivity index (χ4v) is 2.12. The lowest BCUT2D eigenvalue weighted by Gasteiger charge is -2.24. The van der Waals surface area contributed by atoms with Gasteiger partial charge in [0.2, 0.25) is 0 Å². The molecule has 0 saturated carbocycles. The van der Waals surface area contributed by atoms with Gasteiger partial charge < -0.3 is 0 Å². The Labute approximate surface area is 93.5 Å². The van der Waals surface area contributed by atoms with E-state index in [0.29, 0.717) is 12.0 Å². The summed E-state index contributed by atoms with van der Waals surface area (Å²) in [6.07, 6.45) is 0.694. The van der Waals surface area contributed by atoms with Crippen molar-refractivity contribution in [3.63, 3.8) is 0 Å². The summed E-state index contributed by atoms with van der Waals surface area (Å²) in [6, 6.07) is 9.59. The summed E-state index contributed by atoms with van der Waals surface area (Å²) in [5.74, 6) is 0.283. The lowest BCUT2D eigenvalue weighted by molar-refractivity contribution is 0.0981. The number of benzene rings is 1. The molecular weight excluding hydrogens is 200 g/mol. The number of hydrogen-bond acceptors (Lipinski definition) is 1. The van der Waals surface area contributed by atoms with Crippen LogP contribution in [0.25, 0.3) is 0 Å². The van der Waals surface area contributed by atoms with E-state index in [4.69, 9.17) is 0 Å². The summed E-state index contributed by atoms with van der Waals surface area (Å²) in [7, 11) is -1.18. The normalized spacial score (nSPS) is 13.6. The van der Waals surface area contributed by atoms with Gasteiger partial charge in [-0.2, -0.15) is 0 Å². The maximum atomic E-state index is 11.9.